The molecule has 1 aromatic rings. The van der Waals surface area contributed by atoms with Gasteiger partial charge in [-0.15, -0.1) is 12.4 Å². The normalized spacial score (nSPS) is 15.3. The van der Waals surface area contributed by atoms with E-state index in [1.165, 1.54) is 0 Å². The molecule has 0 spiro atoms. The van der Waals surface area contributed by atoms with Crippen molar-refractivity contribution in [3.05, 3.63) is 41.5 Å². The van der Waals surface area contributed by atoms with Gasteiger partial charge in [0, 0.05) is 13.1 Å². The molecule has 0 saturated carbocycles. The topological polar surface area (TPSA) is 58.2 Å². The van der Waals surface area contributed by atoms with Crippen LogP contribution in [0.25, 0.3) is 0 Å². The molecule has 112 valence electrons. The lowest BCUT2D eigenvalue weighted by molar-refractivity contribution is 0.582. The Balaban J connectivity index is 0.00000200. The van der Waals surface area contributed by atoms with Crippen LogP contribution >= 0.6 is 12.4 Å². The molecule has 0 aliphatic carbocycles. The Bertz CT molecular complexity index is 570. The molecule has 0 saturated heterocycles. The van der Waals surface area contributed by atoms with E-state index < -0.39 is 10.0 Å². The molecule has 0 aromatic heterocycles. The predicted molar refractivity (Wildman–Crippen MR) is 83.8 cm³/mol. The maximum Gasteiger partial charge on any atom is 0.240 e. The second-order valence-corrected chi connectivity index (χ2v) is 6.41. The lowest BCUT2D eigenvalue weighted by Gasteiger charge is -2.15. The Morgan fingerprint density at radius 2 is 2.15 bits per heavy atom. The van der Waals surface area contributed by atoms with Gasteiger partial charge in [-0.3, -0.25) is 0 Å². The molecule has 0 radical (unpaired) electrons. The van der Waals surface area contributed by atoms with Gasteiger partial charge >= 0.3 is 0 Å². The fourth-order valence-corrected chi connectivity index (χ4v) is 3.14. The third-order valence-corrected chi connectivity index (χ3v) is 4.66. The van der Waals surface area contributed by atoms with Crippen molar-refractivity contribution in [1.82, 2.24) is 10.0 Å². The smallest absolute Gasteiger partial charge is 0.240 e. The van der Waals surface area contributed by atoms with E-state index in [0.717, 1.165) is 37.1 Å². The summed E-state index contributed by atoms with van der Waals surface area (Å²) < 4.78 is 27.1. The first-order valence-electron chi connectivity index (χ1n) is 6.59. The molecule has 1 aliphatic rings. The summed E-state index contributed by atoms with van der Waals surface area (Å²) in [4.78, 5) is 0.349. The van der Waals surface area contributed by atoms with Crippen molar-refractivity contribution >= 4 is 22.4 Å². The van der Waals surface area contributed by atoms with Gasteiger partial charge in [0.25, 0.3) is 0 Å². The van der Waals surface area contributed by atoms with E-state index >= 15 is 0 Å². The van der Waals surface area contributed by atoms with E-state index in [1.807, 2.05) is 13.0 Å². The highest BCUT2D eigenvalue weighted by atomic mass is 35.5. The lowest BCUT2D eigenvalue weighted by atomic mass is 10.1. The van der Waals surface area contributed by atoms with Crippen molar-refractivity contribution in [2.45, 2.75) is 24.7 Å². The van der Waals surface area contributed by atoms with E-state index in [9.17, 15) is 8.42 Å². The second-order valence-electron chi connectivity index (χ2n) is 4.64. The van der Waals surface area contributed by atoms with Crippen molar-refractivity contribution in [3.63, 3.8) is 0 Å². The number of sulfonamides is 1. The first-order chi connectivity index (χ1) is 9.12. The van der Waals surface area contributed by atoms with Crippen LogP contribution in [-0.2, 0) is 16.4 Å². The third-order valence-electron chi connectivity index (χ3n) is 3.26. The standard InChI is InChI=1S/C14H20N2O2S.ClH/c1-2-12-4-3-5-14(10-12)19(17,18)16-11-13-6-8-15-9-7-13;/h3-6,10,15-16H,2,7-9,11H2,1H3;1H. The number of nitrogens with one attached hydrogen (secondary N) is 2. The number of halogens is 1. The summed E-state index contributed by atoms with van der Waals surface area (Å²) in [7, 11) is -3.40. The number of benzene rings is 1. The van der Waals surface area contributed by atoms with E-state index in [0.29, 0.717) is 11.4 Å². The molecule has 0 amide bonds. The van der Waals surface area contributed by atoms with Crippen LogP contribution in [-0.4, -0.2) is 28.1 Å². The Hall–Kier alpha value is -0.880. The molecule has 1 heterocycles. The molecule has 1 aliphatic heterocycles. The molecule has 2 rings (SSSR count). The maximum atomic E-state index is 12.2. The summed E-state index contributed by atoms with van der Waals surface area (Å²) in [6.45, 7) is 4.15. The van der Waals surface area contributed by atoms with Gasteiger partial charge in [-0.25, -0.2) is 13.1 Å². The van der Waals surface area contributed by atoms with Gasteiger partial charge in [-0.2, -0.15) is 0 Å². The minimum atomic E-state index is -3.40. The Morgan fingerprint density at radius 3 is 2.80 bits per heavy atom. The molecular weight excluding hydrogens is 296 g/mol. The SMILES string of the molecule is CCc1cccc(S(=O)(=O)NCC2=CCNCC2)c1.Cl. The summed E-state index contributed by atoms with van der Waals surface area (Å²) in [5.74, 6) is 0. The molecule has 0 fully saturated rings. The summed E-state index contributed by atoms with van der Waals surface area (Å²) in [6.07, 6.45) is 3.78. The fourth-order valence-electron chi connectivity index (χ4n) is 2.03. The molecule has 0 unspecified atom stereocenters. The zero-order chi connectivity index (χ0) is 13.7. The van der Waals surface area contributed by atoms with Gasteiger partial charge in [0.15, 0.2) is 0 Å². The summed E-state index contributed by atoms with van der Waals surface area (Å²) in [6, 6.07) is 7.10. The largest absolute Gasteiger partial charge is 0.313 e. The van der Waals surface area contributed by atoms with E-state index in [-0.39, 0.29) is 12.4 Å². The highest BCUT2D eigenvalue weighted by molar-refractivity contribution is 7.89. The monoisotopic (exact) mass is 316 g/mol. The summed E-state index contributed by atoms with van der Waals surface area (Å²) in [5, 5.41) is 3.21. The average molecular weight is 317 g/mol. The molecule has 2 N–H and O–H groups in total. The third kappa shape index (κ3) is 4.59. The summed E-state index contributed by atoms with van der Waals surface area (Å²) in [5.41, 5.74) is 2.18. The van der Waals surface area contributed by atoms with E-state index in [1.54, 1.807) is 18.2 Å². The van der Waals surface area contributed by atoms with Gasteiger partial charge < -0.3 is 5.32 Å². The fraction of sp³-hybridized carbons (Fsp3) is 0.429. The zero-order valence-corrected chi connectivity index (χ0v) is 13.2. The predicted octanol–water partition coefficient (Wildman–Crippen LogP) is 1.87. The first-order valence-corrected chi connectivity index (χ1v) is 8.07. The van der Waals surface area contributed by atoms with Crippen molar-refractivity contribution in [2.75, 3.05) is 19.6 Å². The Kier molecular flexibility index (Phi) is 6.68. The quantitative estimate of drug-likeness (QED) is 0.815. The molecule has 6 heteroatoms. The highest BCUT2D eigenvalue weighted by Crippen LogP contribution is 2.12. The average Bonchev–Trinajstić information content (AvgIpc) is 2.46. The molecule has 0 bridgehead atoms. The van der Waals surface area contributed by atoms with E-state index in [4.69, 9.17) is 0 Å². The number of hydrogen-bond donors (Lipinski definition) is 2. The van der Waals surface area contributed by atoms with Crippen LogP contribution in [0.3, 0.4) is 0 Å². The minimum Gasteiger partial charge on any atom is -0.313 e. The lowest BCUT2D eigenvalue weighted by Crippen LogP contribution is -2.29. The van der Waals surface area contributed by atoms with Crippen molar-refractivity contribution in [3.8, 4) is 0 Å². The van der Waals surface area contributed by atoms with Gasteiger partial charge in [-0.1, -0.05) is 30.7 Å². The van der Waals surface area contributed by atoms with Crippen molar-refractivity contribution < 1.29 is 8.42 Å². The van der Waals surface area contributed by atoms with Gasteiger partial charge in [0.2, 0.25) is 10.0 Å². The highest BCUT2D eigenvalue weighted by Gasteiger charge is 2.14. The Morgan fingerprint density at radius 1 is 1.35 bits per heavy atom. The second kappa shape index (κ2) is 7.78. The van der Waals surface area contributed by atoms with Crippen LogP contribution in [0.5, 0.6) is 0 Å². The Labute approximate surface area is 127 Å². The minimum absolute atomic E-state index is 0. The van der Waals surface area contributed by atoms with Crippen LogP contribution in [0, 0.1) is 0 Å². The zero-order valence-electron chi connectivity index (χ0n) is 11.6. The first kappa shape index (κ1) is 17.2. The van der Waals surface area contributed by atoms with Crippen LogP contribution in [0.4, 0.5) is 0 Å². The van der Waals surface area contributed by atoms with Crippen molar-refractivity contribution in [2.24, 2.45) is 0 Å². The number of hydrogen-bond acceptors (Lipinski definition) is 3. The number of rotatable bonds is 5. The van der Waals surface area contributed by atoms with Crippen LogP contribution in [0.1, 0.15) is 18.9 Å². The van der Waals surface area contributed by atoms with Crippen LogP contribution < -0.4 is 10.0 Å². The summed E-state index contributed by atoms with van der Waals surface area (Å²) >= 11 is 0. The molecule has 0 atom stereocenters. The van der Waals surface area contributed by atoms with Gasteiger partial charge in [-0.05, 0) is 37.1 Å². The van der Waals surface area contributed by atoms with Crippen molar-refractivity contribution in [1.29, 1.82) is 0 Å². The van der Waals surface area contributed by atoms with Gasteiger partial charge in [0.05, 0.1) is 4.90 Å². The molecule has 1 aromatic carbocycles. The van der Waals surface area contributed by atoms with Gasteiger partial charge in [0.1, 0.15) is 0 Å². The van der Waals surface area contributed by atoms with Crippen LogP contribution in [0.15, 0.2) is 40.8 Å². The molecule has 20 heavy (non-hydrogen) atoms. The molecule has 4 nitrogen and oxygen atoms in total. The maximum absolute atomic E-state index is 12.2. The van der Waals surface area contributed by atoms with E-state index in [2.05, 4.69) is 16.1 Å². The van der Waals surface area contributed by atoms with Crippen LogP contribution in [0.2, 0.25) is 0 Å². The molecular formula is C14H21ClN2O2S. The number of aryl methyl sites for hydroxylation is 1.